The van der Waals surface area contributed by atoms with Crippen molar-refractivity contribution in [3.8, 4) is 0 Å². The summed E-state index contributed by atoms with van der Waals surface area (Å²) in [4.78, 5) is 0. The van der Waals surface area contributed by atoms with Crippen LogP contribution in [0.4, 0.5) is 0 Å². The first-order valence-corrected chi connectivity index (χ1v) is 4.46. The summed E-state index contributed by atoms with van der Waals surface area (Å²) in [5.74, 6) is 3.38. The zero-order chi connectivity index (χ0) is 8.31. The molecule has 0 radical (unpaired) electrons. The van der Waals surface area contributed by atoms with Crippen molar-refractivity contribution in [1.29, 1.82) is 0 Å². The van der Waals surface area contributed by atoms with Gasteiger partial charge in [0.15, 0.2) is 0 Å². The van der Waals surface area contributed by atoms with Crippen LogP contribution in [0.15, 0.2) is 0 Å². The molecule has 0 heteroatoms. The maximum absolute atomic E-state index is 2.36. The summed E-state index contributed by atoms with van der Waals surface area (Å²) in [7, 11) is 0. The first kappa shape index (κ1) is 10.0. The molecule has 0 rings (SSSR count). The van der Waals surface area contributed by atoms with Crippen LogP contribution >= 0.6 is 0 Å². The highest BCUT2D eigenvalue weighted by Gasteiger charge is 2.17. The molecule has 0 amide bonds. The fourth-order valence-corrected chi connectivity index (χ4v) is 1.21. The van der Waals surface area contributed by atoms with Crippen LogP contribution in [0, 0.1) is 23.7 Å². The van der Waals surface area contributed by atoms with Gasteiger partial charge in [0.1, 0.15) is 0 Å². The molecular weight excluding hydrogens is 120 g/mol. The van der Waals surface area contributed by atoms with E-state index in [-0.39, 0.29) is 0 Å². The second kappa shape index (κ2) is 4.00. The van der Waals surface area contributed by atoms with Crippen LogP contribution in [-0.4, -0.2) is 0 Å². The van der Waals surface area contributed by atoms with Crippen molar-refractivity contribution >= 4 is 0 Å². The van der Waals surface area contributed by atoms with Crippen LogP contribution in [0.2, 0.25) is 0 Å². The molecule has 0 heterocycles. The van der Waals surface area contributed by atoms with E-state index in [2.05, 4.69) is 41.5 Å². The lowest BCUT2D eigenvalue weighted by atomic mass is 9.80. The van der Waals surface area contributed by atoms with E-state index in [1.54, 1.807) is 0 Å². The molecule has 0 aromatic carbocycles. The number of hydrogen-bond donors (Lipinski definition) is 0. The van der Waals surface area contributed by atoms with E-state index in [9.17, 15) is 0 Å². The van der Waals surface area contributed by atoms with Gasteiger partial charge >= 0.3 is 0 Å². The minimum atomic E-state index is 0.831. The molecule has 0 saturated heterocycles. The van der Waals surface area contributed by atoms with E-state index in [0.717, 1.165) is 23.7 Å². The van der Waals surface area contributed by atoms with Crippen molar-refractivity contribution in [2.75, 3.05) is 0 Å². The van der Waals surface area contributed by atoms with Crippen molar-refractivity contribution in [2.45, 2.75) is 41.5 Å². The Hall–Kier alpha value is 0. The third-order valence-electron chi connectivity index (χ3n) is 2.93. The Kier molecular flexibility index (Phi) is 4.00. The van der Waals surface area contributed by atoms with Gasteiger partial charge in [-0.3, -0.25) is 0 Å². The smallest absolute Gasteiger partial charge is 0.0391 e. The summed E-state index contributed by atoms with van der Waals surface area (Å²) in [6, 6.07) is 0. The third kappa shape index (κ3) is 2.72. The standard InChI is InChI=1S/C10H22/c1-7(2)9(5)10(6)8(3)4/h7-10H,1-6H3/t9-,10-/m1/s1. The SMILES string of the molecule is CC(C)[C@@H](C)[C@H](C)C(C)C. The average molecular weight is 142 g/mol. The van der Waals surface area contributed by atoms with Crippen LogP contribution in [0.5, 0.6) is 0 Å². The third-order valence-corrected chi connectivity index (χ3v) is 2.93. The van der Waals surface area contributed by atoms with Gasteiger partial charge in [-0.1, -0.05) is 41.5 Å². The summed E-state index contributed by atoms with van der Waals surface area (Å²) in [6.45, 7) is 13.9. The first-order valence-electron chi connectivity index (χ1n) is 4.46. The Balaban J connectivity index is 3.81. The molecule has 0 fully saturated rings. The lowest BCUT2D eigenvalue weighted by molar-refractivity contribution is 0.235. The van der Waals surface area contributed by atoms with Crippen molar-refractivity contribution in [1.82, 2.24) is 0 Å². The molecule has 62 valence electrons. The Morgan fingerprint density at radius 1 is 0.500 bits per heavy atom. The van der Waals surface area contributed by atoms with Crippen molar-refractivity contribution in [2.24, 2.45) is 23.7 Å². The van der Waals surface area contributed by atoms with Gasteiger partial charge in [-0.05, 0) is 23.7 Å². The van der Waals surface area contributed by atoms with E-state index in [0.29, 0.717) is 0 Å². The molecule has 0 aliphatic carbocycles. The Morgan fingerprint density at radius 2 is 0.700 bits per heavy atom. The van der Waals surface area contributed by atoms with Gasteiger partial charge in [-0.2, -0.15) is 0 Å². The second-order valence-electron chi connectivity index (χ2n) is 4.21. The van der Waals surface area contributed by atoms with E-state index in [1.807, 2.05) is 0 Å². The monoisotopic (exact) mass is 142 g/mol. The van der Waals surface area contributed by atoms with Crippen LogP contribution < -0.4 is 0 Å². The molecule has 0 aromatic heterocycles. The molecule has 0 saturated carbocycles. The summed E-state index contributed by atoms with van der Waals surface area (Å²) in [6.07, 6.45) is 0. The maximum atomic E-state index is 2.36. The predicted octanol–water partition coefficient (Wildman–Crippen LogP) is 3.57. The normalized spacial score (nSPS) is 18.0. The fourth-order valence-electron chi connectivity index (χ4n) is 1.21. The van der Waals surface area contributed by atoms with Crippen molar-refractivity contribution < 1.29 is 0 Å². The van der Waals surface area contributed by atoms with Gasteiger partial charge in [-0.15, -0.1) is 0 Å². The summed E-state index contributed by atoms with van der Waals surface area (Å²) < 4.78 is 0. The largest absolute Gasteiger partial charge is 0.0625 e. The minimum Gasteiger partial charge on any atom is -0.0625 e. The Morgan fingerprint density at radius 3 is 0.800 bits per heavy atom. The molecule has 0 aromatic rings. The zero-order valence-corrected chi connectivity index (χ0v) is 8.31. The second-order valence-corrected chi connectivity index (χ2v) is 4.21. The van der Waals surface area contributed by atoms with Crippen LogP contribution in [0.3, 0.4) is 0 Å². The quantitative estimate of drug-likeness (QED) is 0.565. The lowest BCUT2D eigenvalue weighted by Crippen LogP contribution is -2.18. The lowest BCUT2D eigenvalue weighted by Gasteiger charge is -2.26. The zero-order valence-electron chi connectivity index (χ0n) is 8.31. The van der Waals surface area contributed by atoms with Crippen LogP contribution in [0.25, 0.3) is 0 Å². The summed E-state index contributed by atoms with van der Waals surface area (Å²) in [5.41, 5.74) is 0. The van der Waals surface area contributed by atoms with Gasteiger partial charge in [0, 0.05) is 0 Å². The van der Waals surface area contributed by atoms with Crippen molar-refractivity contribution in [3.63, 3.8) is 0 Å². The predicted molar refractivity (Wildman–Crippen MR) is 48.0 cm³/mol. The van der Waals surface area contributed by atoms with E-state index in [1.165, 1.54) is 0 Å². The van der Waals surface area contributed by atoms with Crippen LogP contribution in [-0.2, 0) is 0 Å². The number of rotatable bonds is 3. The van der Waals surface area contributed by atoms with Gasteiger partial charge in [0.2, 0.25) is 0 Å². The highest BCUT2D eigenvalue weighted by atomic mass is 14.2. The van der Waals surface area contributed by atoms with E-state index in [4.69, 9.17) is 0 Å². The van der Waals surface area contributed by atoms with E-state index < -0.39 is 0 Å². The van der Waals surface area contributed by atoms with Crippen molar-refractivity contribution in [3.05, 3.63) is 0 Å². The topological polar surface area (TPSA) is 0 Å². The van der Waals surface area contributed by atoms with Gasteiger partial charge in [0.05, 0.1) is 0 Å². The minimum absolute atomic E-state index is 0.831. The molecule has 0 aliphatic heterocycles. The molecule has 2 atom stereocenters. The molecular formula is C10H22. The Bertz CT molecular complexity index is 70.0. The summed E-state index contributed by atoms with van der Waals surface area (Å²) >= 11 is 0. The maximum Gasteiger partial charge on any atom is -0.0391 e. The number of hydrogen-bond acceptors (Lipinski definition) is 0. The summed E-state index contributed by atoms with van der Waals surface area (Å²) in [5, 5.41) is 0. The highest BCUT2D eigenvalue weighted by molar-refractivity contribution is 4.67. The molecule has 0 spiro atoms. The molecule has 0 aliphatic rings. The molecule has 0 nitrogen and oxygen atoms in total. The van der Waals surface area contributed by atoms with Crippen LogP contribution in [0.1, 0.15) is 41.5 Å². The van der Waals surface area contributed by atoms with Gasteiger partial charge < -0.3 is 0 Å². The molecule has 10 heavy (non-hydrogen) atoms. The van der Waals surface area contributed by atoms with Gasteiger partial charge in [0.25, 0.3) is 0 Å². The van der Waals surface area contributed by atoms with Gasteiger partial charge in [-0.25, -0.2) is 0 Å². The molecule has 0 unspecified atom stereocenters. The first-order chi connectivity index (χ1) is 4.46. The van der Waals surface area contributed by atoms with E-state index >= 15 is 0 Å². The molecule has 0 N–H and O–H groups in total. The Labute approximate surface area is 66.0 Å². The highest BCUT2D eigenvalue weighted by Crippen LogP contribution is 2.25. The fraction of sp³-hybridized carbons (Fsp3) is 1.00. The molecule has 0 bridgehead atoms. The average Bonchev–Trinajstić information content (AvgIpc) is 1.84.